The Hall–Kier alpha value is -1.18. The zero-order valence-corrected chi connectivity index (χ0v) is 20.7. The van der Waals surface area contributed by atoms with E-state index in [9.17, 15) is 9.18 Å². The Kier molecular flexibility index (Phi) is 10.2. The molecule has 0 heterocycles. The number of hydrogen-bond donors (Lipinski definition) is 1. The van der Waals surface area contributed by atoms with Crippen LogP contribution in [-0.4, -0.2) is 37.7 Å². The highest BCUT2D eigenvalue weighted by molar-refractivity contribution is 7.96. The Morgan fingerprint density at radius 1 is 1.13 bits per heavy atom. The van der Waals surface area contributed by atoms with E-state index in [2.05, 4.69) is 4.72 Å². The van der Waals surface area contributed by atoms with Crippen molar-refractivity contribution in [2.75, 3.05) is 31.9 Å². The normalized spacial score (nSPS) is 11.5. The van der Waals surface area contributed by atoms with Crippen molar-refractivity contribution in [1.29, 1.82) is 0 Å². The lowest BCUT2D eigenvalue weighted by molar-refractivity contribution is -0.119. The molecule has 2 aromatic rings. The maximum atomic E-state index is 14.7. The first-order valence-corrected chi connectivity index (χ1v) is 12.1. The molecule has 0 spiro atoms. The molecule has 0 aliphatic carbocycles. The molecule has 2 rings (SSSR count). The fourth-order valence-corrected chi connectivity index (χ4v) is 3.83. The van der Waals surface area contributed by atoms with Crippen LogP contribution in [0.25, 0.3) is 0 Å². The minimum Gasteiger partial charge on any atom is -0.490 e. The van der Waals surface area contributed by atoms with Gasteiger partial charge in [-0.1, -0.05) is 55.1 Å². The lowest BCUT2D eigenvalue weighted by Crippen LogP contribution is -2.23. The van der Waals surface area contributed by atoms with Gasteiger partial charge in [-0.3, -0.25) is 9.52 Å². The van der Waals surface area contributed by atoms with Crippen LogP contribution in [0.2, 0.25) is 10.0 Å². The van der Waals surface area contributed by atoms with E-state index >= 15 is 0 Å². The number of rotatable bonds is 12. The maximum absolute atomic E-state index is 14.7. The van der Waals surface area contributed by atoms with Crippen LogP contribution < -0.4 is 14.2 Å². The lowest BCUT2D eigenvalue weighted by Gasteiger charge is -2.27. The molecule has 0 saturated heterocycles. The van der Waals surface area contributed by atoms with Crippen molar-refractivity contribution in [1.82, 2.24) is 4.72 Å². The predicted molar refractivity (Wildman–Crippen MR) is 128 cm³/mol. The van der Waals surface area contributed by atoms with E-state index in [-0.39, 0.29) is 24.7 Å². The first-order valence-electron chi connectivity index (χ1n) is 9.59. The first-order chi connectivity index (χ1) is 14.7. The monoisotopic (exact) mass is 507 g/mol. The summed E-state index contributed by atoms with van der Waals surface area (Å²) in [5.74, 6) is 0.194. The molecule has 4 nitrogen and oxygen atoms in total. The Balaban J connectivity index is 2.19. The smallest absolute Gasteiger partial charge is 0.184 e. The predicted octanol–water partition coefficient (Wildman–Crippen LogP) is 6.28. The van der Waals surface area contributed by atoms with E-state index in [1.54, 1.807) is 18.2 Å². The molecule has 0 atom stereocenters. The van der Waals surface area contributed by atoms with Gasteiger partial charge in [0.2, 0.25) is 0 Å². The third-order valence-corrected chi connectivity index (χ3v) is 5.96. The first kappa shape index (κ1) is 26.1. The second kappa shape index (κ2) is 12.2. The highest BCUT2D eigenvalue weighted by Crippen LogP contribution is 2.41. The van der Waals surface area contributed by atoms with E-state index in [1.807, 2.05) is 20.1 Å². The minimum absolute atomic E-state index is 0.0242. The molecule has 0 aliphatic heterocycles. The maximum Gasteiger partial charge on any atom is 0.184 e. The van der Waals surface area contributed by atoms with Crippen LogP contribution in [0.1, 0.15) is 31.4 Å². The summed E-state index contributed by atoms with van der Waals surface area (Å²) in [6, 6.07) is 8.21. The second-order valence-corrected chi connectivity index (χ2v) is 9.17. The van der Waals surface area contributed by atoms with E-state index in [1.165, 1.54) is 24.1 Å². The summed E-state index contributed by atoms with van der Waals surface area (Å²) in [4.78, 5) is 11.7. The summed E-state index contributed by atoms with van der Waals surface area (Å²) in [7, 11) is 0. The Labute approximate surface area is 201 Å². The minimum atomic E-state index is -0.598. The molecule has 0 aromatic heterocycles. The van der Waals surface area contributed by atoms with E-state index < -0.39 is 11.2 Å². The van der Waals surface area contributed by atoms with E-state index in [0.717, 1.165) is 5.56 Å². The topological polar surface area (TPSA) is 47.6 Å². The molecule has 1 N–H and O–H groups in total. The van der Waals surface area contributed by atoms with Gasteiger partial charge >= 0.3 is 0 Å². The molecule has 9 heteroatoms. The summed E-state index contributed by atoms with van der Waals surface area (Å²) in [5, 5.41) is 0.755. The van der Waals surface area contributed by atoms with Crippen molar-refractivity contribution >= 4 is 52.5 Å². The van der Waals surface area contributed by atoms with Gasteiger partial charge in [0.1, 0.15) is 6.61 Å². The van der Waals surface area contributed by atoms with Gasteiger partial charge < -0.3 is 9.47 Å². The number of carbonyl (C=O) groups excluding carboxylic acids is 1. The number of hydrogen-bond acceptors (Lipinski definition) is 5. The average molecular weight is 509 g/mol. The van der Waals surface area contributed by atoms with Gasteiger partial charge in [-0.15, -0.1) is 11.6 Å². The highest BCUT2D eigenvalue weighted by atomic mass is 35.5. The third kappa shape index (κ3) is 7.16. The Morgan fingerprint density at radius 3 is 2.39 bits per heavy atom. The van der Waals surface area contributed by atoms with Gasteiger partial charge in [0, 0.05) is 11.3 Å². The highest BCUT2D eigenvalue weighted by Gasteiger charge is 2.27. The van der Waals surface area contributed by atoms with Gasteiger partial charge in [0.15, 0.2) is 23.1 Å². The van der Waals surface area contributed by atoms with Crippen LogP contribution in [-0.2, 0) is 10.2 Å². The van der Waals surface area contributed by atoms with Crippen LogP contribution in [0.4, 0.5) is 4.39 Å². The lowest BCUT2D eigenvalue weighted by atomic mass is 9.78. The largest absolute Gasteiger partial charge is 0.490 e. The molecule has 0 fully saturated rings. The Bertz CT molecular complexity index is 889. The van der Waals surface area contributed by atoms with Gasteiger partial charge in [-0.05, 0) is 48.1 Å². The standard InChI is InChI=1S/C22H25Cl3FNO3S/c1-22(2,15-9-17(24)21(18(25)10-15)29-8-4-7-23)14-5-6-20(19(26)11-14)30-13-16(28)12-27-31-3/h5-6,9-11,27H,4,7-8,12-13H2,1-3H3. The van der Waals surface area contributed by atoms with Crippen LogP contribution >= 0.6 is 46.8 Å². The zero-order valence-electron chi connectivity index (χ0n) is 17.6. The van der Waals surface area contributed by atoms with Crippen LogP contribution in [0, 0.1) is 5.82 Å². The summed E-state index contributed by atoms with van der Waals surface area (Å²) in [6.45, 7) is 4.24. The molecule has 170 valence electrons. The van der Waals surface area contributed by atoms with Crippen molar-refractivity contribution in [3.05, 3.63) is 57.3 Å². The van der Waals surface area contributed by atoms with Crippen LogP contribution in [0.15, 0.2) is 30.3 Å². The molecule has 0 amide bonds. The Morgan fingerprint density at radius 2 is 1.81 bits per heavy atom. The van der Waals surface area contributed by atoms with Gasteiger partial charge in [-0.25, -0.2) is 4.39 Å². The van der Waals surface area contributed by atoms with Crippen LogP contribution in [0.5, 0.6) is 11.5 Å². The molecular formula is C22H25Cl3FNO3S. The van der Waals surface area contributed by atoms with Crippen molar-refractivity contribution < 1.29 is 18.7 Å². The van der Waals surface area contributed by atoms with Crippen LogP contribution in [0.3, 0.4) is 0 Å². The summed E-state index contributed by atoms with van der Waals surface area (Å²) < 4.78 is 28.4. The van der Waals surface area contributed by atoms with Crippen molar-refractivity contribution in [3.63, 3.8) is 0 Å². The summed E-state index contributed by atoms with van der Waals surface area (Å²) >= 11 is 19.8. The third-order valence-electron chi connectivity index (χ3n) is 4.70. The number of alkyl halides is 1. The number of carbonyl (C=O) groups is 1. The number of ether oxygens (including phenoxy) is 2. The molecular weight excluding hydrogens is 484 g/mol. The number of Topliss-reactive ketones (excluding diaryl/α,β-unsaturated/α-hetero) is 1. The quantitative estimate of drug-likeness (QED) is 0.208. The number of benzene rings is 2. The molecule has 31 heavy (non-hydrogen) atoms. The second-order valence-electron chi connectivity index (χ2n) is 7.28. The van der Waals surface area contributed by atoms with E-state index in [0.29, 0.717) is 40.3 Å². The number of ketones is 1. The number of nitrogens with one attached hydrogen (secondary N) is 1. The van der Waals surface area contributed by atoms with Crippen molar-refractivity contribution in [2.24, 2.45) is 0 Å². The molecule has 0 unspecified atom stereocenters. The number of halogens is 4. The summed E-state index contributed by atoms with van der Waals surface area (Å²) in [6.07, 6.45) is 2.49. The van der Waals surface area contributed by atoms with Gasteiger partial charge in [-0.2, -0.15) is 0 Å². The van der Waals surface area contributed by atoms with Gasteiger partial charge in [0.25, 0.3) is 0 Å². The average Bonchev–Trinajstić information content (AvgIpc) is 2.73. The van der Waals surface area contributed by atoms with Gasteiger partial charge in [0.05, 0.1) is 23.2 Å². The van der Waals surface area contributed by atoms with E-state index in [4.69, 9.17) is 44.3 Å². The van der Waals surface area contributed by atoms with Crippen molar-refractivity contribution in [2.45, 2.75) is 25.7 Å². The summed E-state index contributed by atoms with van der Waals surface area (Å²) in [5.41, 5.74) is 0.911. The SMILES string of the molecule is CSNCC(=O)COc1ccc(C(C)(C)c2cc(Cl)c(OCCCCl)c(Cl)c2)cc1F. The molecule has 2 aromatic carbocycles. The molecule has 0 saturated carbocycles. The molecule has 0 bridgehead atoms. The molecule has 0 aliphatic rings. The molecule has 0 radical (unpaired) electrons. The fraction of sp³-hybridized carbons (Fsp3) is 0.409. The van der Waals surface area contributed by atoms with Crippen molar-refractivity contribution in [3.8, 4) is 11.5 Å². The zero-order chi connectivity index (χ0) is 23.0. The fourth-order valence-electron chi connectivity index (χ4n) is 2.82.